The second-order valence-electron chi connectivity index (χ2n) is 8.91. The maximum atomic E-state index is 4.07. The minimum absolute atomic E-state index is 0.372. The normalized spacial score (nSPS) is 38.3. The fourth-order valence-electron chi connectivity index (χ4n) is 5.35. The first kappa shape index (κ1) is 13.8. The molecule has 2 bridgehead atoms. The Morgan fingerprint density at radius 2 is 1.67 bits per heavy atom. The van der Waals surface area contributed by atoms with E-state index in [9.17, 15) is 0 Å². The molecule has 21 heavy (non-hydrogen) atoms. The molecule has 1 heteroatoms. The lowest BCUT2D eigenvalue weighted by Gasteiger charge is -2.28. The third-order valence-electron chi connectivity index (χ3n) is 6.15. The van der Waals surface area contributed by atoms with E-state index in [2.05, 4.69) is 56.4 Å². The van der Waals surface area contributed by atoms with Gasteiger partial charge in [-0.1, -0.05) is 51.1 Å². The van der Waals surface area contributed by atoms with Crippen LogP contribution in [0.4, 0.5) is 0 Å². The van der Waals surface area contributed by atoms with Gasteiger partial charge in [0, 0.05) is 12.1 Å². The van der Waals surface area contributed by atoms with Crippen LogP contribution in [0.5, 0.6) is 0 Å². The van der Waals surface area contributed by atoms with E-state index in [1.807, 2.05) is 0 Å². The SMILES string of the molecule is CC(C)(C)CC(NC1C2C3CCC(C3)C12)c1ccccc1. The highest BCUT2D eigenvalue weighted by molar-refractivity contribution is 5.23. The molecule has 5 atom stereocenters. The molecule has 1 aromatic carbocycles. The van der Waals surface area contributed by atoms with Crippen molar-refractivity contribution in [3.63, 3.8) is 0 Å². The quantitative estimate of drug-likeness (QED) is 0.837. The fraction of sp³-hybridized carbons (Fsp3) is 0.700. The van der Waals surface area contributed by atoms with Gasteiger partial charge in [0.1, 0.15) is 0 Å². The molecular formula is C20H29N. The highest BCUT2D eigenvalue weighted by atomic mass is 15.0. The van der Waals surface area contributed by atoms with Crippen LogP contribution in [0.2, 0.25) is 0 Å². The molecule has 5 unspecified atom stereocenters. The standard InChI is InChI=1S/C20H29N/c1-20(2,3)12-16(13-7-5-4-6-8-13)21-19-17-14-9-10-15(11-14)18(17)19/h4-8,14-19,21H,9-12H2,1-3H3. The van der Waals surface area contributed by atoms with Gasteiger partial charge in [0.25, 0.3) is 0 Å². The molecule has 3 aliphatic carbocycles. The molecule has 0 heterocycles. The van der Waals surface area contributed by atoms with Crippen LogP contribution in [-0.4, -0.2) is 6.04 Å². The van der Waals surface area contributed by atoms with Crippen LogP contribution in [0.3, 0.4) is 0 Å². The van der Waals surface area contributed by atoms with Crippen LogP contribution < -0.4 is 5.32 Å². The topological polar surface area (TPSA) is 12.0 Å². The Morgan fingerprint density at radius 1 is 1.05 bits per heavy atom. The predicted octanol–water partition coefficient (Wildman–Crippen LogP) is 4.80. The molecule has 3 fully saturated rings. The smallest absolute Gasteiger partial charge is 0.0327 e. The Morgan fingerprint density at radius 3 is 2.24 bits per heavy atom. The number of nitrogens with one attached hydrogen (secondary N) is 1. The van der Waals surface area contributed by atoms with E-state index in [-0.39, 0.29) is 0 Å². The van der Waals surface area contributed by atoms with Crippen LogP contribution in [0.25, 0.3) is 0 Å². The monoisotopic (exact) mass is 283 g/mol. The van der Waals surface area contributed by atoms with Crippen molar-refractivity contribution in [1.82, 2.24) is 5.32 Å². The highest BCUT2D eigenvalue weighted by Crippen LogP contribution is 2.66. The molecule has 3 aliphatic rings. The van der Waals surface area contributed by atoms with E-state index in [1.165, 1.54) is 24.8 Å². The van der Waals surface area contributed by atoms with Crippen molar-refractivity contribution < 1.29 is 0 Å². The van der Waals surface area contributed by atoms with Gasteiger partial charge in [0.15, 0.2) is 0 Å². The van der Waals surface area contributed by atoms with E-state index in [4.69, 9.17) is 0 Å². The van der Waals surface area contributed by atoms with Crippen LogP contribution >= 0.6 is 0 Å². The van der Waals surface area contributed by atoms with Gasteiger partial charge >= 0.3 is 0 Å². The molecule has 0 aliphatic heterocycles. The first-order valence-electron chi connectivity index (χ1n) is 8.84. The molecule has 3 saturated carbocycles. The number of rotatable bonds is 4. The number of fused-ring (bicyclic) bond motifs is 5. The van der Waals surface area contributed by atoms with E-state index >= 15 is 0 Å². The van der Waals surface area contributed by atoms with Gasteiger partial charge < -0.3 is 5.32 Å². The summed E-state index contributed by atoms with van der Waals surface area (Å²) in [4.78, 5) is 0. The zero-order chi connectivity index (χ0) is 14.6. The maximum absolute atomic E-state index is 4.07. The Bertz CT molecular complexity index is 484. The first-order chi connectivity index (χ1) is 10.0. The lowest BCUT2D eigenvalue weighted by molar-refractivity contribution is 0.297. The van der Waals surface area contributed by atoms with Gasteiger partial charge in [-0.25, -0.2) is 0 Å². The summed E-state index contributed by atoms with van der Waals surface area (Å²) in [6, 6.07) is 12.5. The van der Waals surface area contributed by atoms with Gasteiger partial charge in [-0.3, -0.25) is 0 Å². The third-order valence-corrected chi connectivity index (χ3v) is 6.15. The van der Waals surface area contributed by atoms with Crippen molar-refractivity contribution in [2.24, 2.45) is 29.1 Å². The van der Waals surface area contributed by atoms with Crippen molar-refractivity contribution >= 4 is 0 Å². The lowest BCUT2D eigenvalue weighted by atomic mass is 9.85. The van der Waals surface area contributed by atoms with Crippen LogP contribution in [0, 0.1) is 29.1 Å². The zero-order valence-electron chi connectivity index (χ0n) is 13.7. The van der Waals surface area contributed by atoms with Crippen LogP contribution in [-0.2, 0) is 0 Å². The Labute approximate surface area is 129 Å². The maximum Gasteiger partial charge on any atom is 0.0327 e. The summed E-state index contributed by atoms with van der Waals surface area (Å²) in [6.07, 6.45) is 5.80. The number of benzene rings is 1. The molecule has 4 rings (SSSR count). The average Bonchev–Trinajstić information content (AvgIpc) is 2.82. The van der Waals surface area contributed by atoms with Gasteiger partial charge in [-0.2, -0.15) is 0 Å². The summed E-state index contributed by atoms with van der Waals surface area (Å²) < 4.78 is 0. The molecular weight excluding hydrogens is 254 g/mol. The second kappa shape index (κ2) is 4.84. The Kier molecular flexibility index (Phi) is 3.19. The highest BCUT2D eigenvalue weighted by Gasteiger charge is 2.65. The summed E-state index contributed by atoms with van der Waals surface area (Å²) in [5, 5.41) is 4.07. The molecule has 1 N–H and O–H groups in total. The van der Waals surface area contributed by atoms with Crippen molar-refractivity contribution in [2.45, 2.75) is 58.5 Å². The minimum Gasteiger partial charge on any atom is -0.307 e. The molecule has 0 amide bonds. The van der Waals surface area contributed by atoms with Gasteiger partial charge in [0.05, 0.1) is 0 Å². The Balaban J connectivity index is 1.49. The van der Waals surface area contributed by atoms with E-state index in [0.717, 1.165) is 29.7 Å². The first-order valence-corrected chi connectivity index (χ1v) is 8.84. The van der Waals surface area contributed by atoms with Crippen LogP contribution in [0.15, 0.2) is 30.3 Å². The average molecular weight is 283 g/mol. The molecule has 1 aromatic rings. The molecule has 0 spiro atoms. The van der Waals surface area contributed by atoms with Crippen LogP contribution in [0.1, 0.15) is 58.1 Å². The summed E-state index contributed by atoms with van der Waals surface area (Å²) >= 11 is 0. The van der Waals surface area contributed by atoms with Crippen molar-refractivity contribution in [1.29, 1.82) is 0 Å². The van der Waals surface area contributed by atoms with Gasteiger partial charge in [-0.05, 0) is 60.3 Å². The molecule has 0 saturated heterocycles. The largest absolute Gasteiger partial charge is 0.307 e. The molecule has 1 nitrogen and oxygen atoms in total. The zero-order valence-corrected chi connectivity index (χ0v) is 13.7. The molecule has 0 radical (unpaired) electrons. The molecule has 0 aromatic heterocycles. The van der Waals surface area contributed by atoms with Crippen molar-refractivity contribution in [3.05, 3.63) is 35.9 Å². The van der Waals surface area contributed by atoms with E-state index in [0.29, 0.717) is 11.5 Å². The minimum atomic E-state index is 0.372. The predicted molar refractivity (Wildman–Crippen MR) is 88.0 cm³/mol. The fourth-order valence-corrected chi connectivity index (χ4v) is 5.35. The summed E-state index contributed by atoms with van der Waals surface area (Å²) in [6.45, 7) is 7.09. The second-order valence-corrected chi connectivity index (χ2v) is 8.91. The summed E-state index contributed by atoms with van der Waals surface area (Å²) in [7, 11) is 0. The third kappa shape index (κ3) is 2.54. The van der Waals surface area contributed by atoms with E-state index < -0.39 is 0 Å². The van der Waals surface area contributed by atoms with Crippen molar-refractivity contribution in [2.75, 3.05) is 0 Å². The number of hydrogen-bond acceptors (Lipinski definition) is 1. The number of hydrogen-bond donors (Lipinski definition) is 1. The van der Waals surface area contributed by atoms with Gasteiger partial charge in [0.2, 0.25) is 0 Å². The summed E-state index contributed by atoms with van der Waals surface area (Å²) in [5.74, 6) is 4.16. The Hall–Kier alpha value is -0.820. The van der Waals surface area contributed by atoms with E-state index in [1.54, 1.807) is 6.42 Å². The molecule has 114 valence electrons. The van der Waals surface area contributed by atoms with Gasteiger partial charge in [-0.15, -0.1) is 0 Å². The van der Waals surface area contributed by atoms with Crippen molar-refractivity contribution in [3.8, 4) is 0 Å². The lowest BCUT2D eigenvalue weighted by Crippen LogP contribution is -2.30. The summed E-state index contributed by atoms with van der Waals surface area (Å²) in [5.41, 5.74) is 1.85.